The van der Waals surface area contributed by atoms with Crippen molar-refractivity contribution in [1.82, 2.24) is 14.9 Å². The molecule has 1 saturated carbocycles. The van der Waals surface area contributed by atoms with Gasteiger partial charge in [-0.15, -0.1) is 0 Å². The minimum atomic E-state index is -3.97. The number of imide groups is 1. The van der Waals surface area contributed by atoms with Crippen LogP contribution >= 0.6 is 0 Å². The monoisotopic (exact) mass is 495 g/mol. The van der Waals surface area contributed by atoms with Crippen LogP contribution in [0.15, 0.2) is 29.2 Å². The number of amides is 3. The first-order valence-electron chi connectivity index (χ1n) is 11.2. The summed E-state index contributed by atoms with van der Waals surface area (Å²) in [6.07, 6.45) is 4.21. The zero-order valence-corrected chi connectivity index (χ0v) is 19.8. The number of nitrogens with one attached hydrogen (secondary N) is 2. The lowest BCUT2D eigenvalue weighted by Gasteiger charge is -2.30. The van der Waals surface area contributed by atoms with Gasteiger partial charge in [0, 0.05) is 19.1 Å². The lowest BCUT2D eigenvalue weighted by molar-refractivity contribution is -0.153. The molecule has 34 heavy (non-hydrogen) atoms. The summed E-state index contributed by atoms with van der Waals surface area (Å²) in [5, 5.41) is 4.84. The molecule has 1 aromatic carbocycles. The number of hydrogen-bond donors (Lipinski definition) is 2. The third-order valence-electron chi connectivity index (χ3n) is 5.99. The smallest absolute Gasteiger partial charge is 0.339 e. The number of ether oxygens (including phenoxy) is 2. The average molecular weight is 496 g/mol. The first kappa shape index (κ1) is 25.6. The van der Waals surface area contributed by atoms with Gasteiger partial charge in [-0.3, -0.25) is 14.9 Å². The molecule has 2 aliphatic rings. The van der Waals surface area contributed by atoms with Crippen LogP contribution in [0.2, 0.25) is 0 Å². The second kappa shape index (κ2) is 11.4. The third kappa shape index (κ3) is 6.32. The first-order chi connectivity index (χ1) is 16.2. The molecule has 0 aromatic heterocycles. The fourth-order valence-electron chi connectivity index (χ4n) is 4.15. The Labute approximate surface area is 198 Å². The normalized spacial score (nSPS) is 17.7. The summed E-state index contributed by atoms with van der Waals surface area (Å²) >= 11 is 0. The van der Waals surface area contributed by atoms with Gasteiger partial charge >= 0.3 is 18.0 Å². The SMILES string of the molecule is COC(=O)c1ccccc1S(=O)(=O)N1CCC(C(=O)OCC(=O)NC(=O)NC2CCCC2)CC1. The molecule has 0 bridgehead atoms. The van der Waals surface area contributed by atoms with Crippen LogP contribution < -0.4 is 10.6 Å². The van der Waals surface area contributed by atoms with Gasteiger partial charge in [-0.25, -0.2) is 18.0 Å². The van der Waals surface area contributed by atoms with Crippen molar-refractivity contribution in [3.05, 3.63) is 29.8 Å². The third-order valence-corrected chi connectivity index (χ3v) is 7.94. The lowest BCUT2D eigenvalue weighted by Crippen LogP contribution is -2.45. The maximum absolute atomic E-state index is 13.1. The van der Waals surface area contributed by atoms with E-state index in [0.717, 1.165) is 25.7 Å². The lowest BCUT2D eigenvalue weighted by atomic mass is 9.98. The van der Waals surface area contributed by atoms with Gasteiger partial charge in [0.2, 0.25) is 10.0 Å². The van der Waals surface area contributed by atoms with E-state index < -0.39 is 46.4 Å². The van der Waals surface area contributed by atoms with Gasteiger partial charge in [0.25, 0.3) is 5.91 Å². The number of piperidine rings is 1. The second-order valence-corrected chi connectivity index (χ2v) is 10.2. The minimum Gasteiger partial charge on any atom is -0.465 e. The Morgan fingerprint density at radius 2 is 1.68 bits per heavy atom. The van der Waals surface area contributed by atoms with Crippen LogP contribution in [0.25, 0.3) is 0 Å². The molecule has 1 saturated heterocycles. The van der Waals surface area contributed by atoms with Gasteiger partial charge in [0.15, 0.2) is 6.61 Å². The van der Waals surface area contributed by atoms with Crippen LogP contribution in [0.5, 0.6) is 0 Å². The summed E-state index contributed by atoms with van der Waals surface area (Å²) in [4.78, 5) is 47.9. The number of carbonyl (C=O) groups is 4. The van der Waals surface area contributed by atoms with Crippen LogP contribution in [0.4, 0.5) is 4.79 Å². The summed E-state index contributed by atoms with van der Waals surface area (Å²) in [6, 6.07) is 5.21. The summed E-state index contributed by atoms with van der Waals surface area (Å²) in [5.41, 5.74) is -0.0606. The summed E-state index contributed by atoms with van der Waals surface area (Å²) < 4.78 is 37.0. The van der Waals surface area contributed by atoms with E-state index in [9.17, 15) is 27.6 Å². The number of nitrogens with zero attached hydrogens (tertiary/aromatic N) is 1. The molecular weight excluding hydrogens is 466 g/mol. The molecule has 1 aromatic rings. The molecule has 2 N–H and O–H groups in total. The van der Waals surface area contributed by atoms with Gasteiger partial charge in [-0.05, 0) is 37.8 Å². The van der Waals surface area contributed by atoms with Crippen LogP contribution in [-0.2, 0) is 29.1 Å². The first-order valence-corrected chi connectivity index (χ1v) is 12.6. The van der Waals surface area contributed by atoms with Crippen LogP contribution in [0.1, 0.15) is 48.9 Å². The summed E-state index contributed by atoms with van der Waals surface area (Å²) in [5.74, 6) is -2.70. The quantitative estimate of drug-likeness (QED) is 0.536. The molecular formula is C22H29N3O8S. The van der Waals surface area contributed by atoms with Crippen LogP contribution in [0, 0.1) is 5.92 Å². The van der Waals surface area contributed by atoms with E-state index in [-0.39, 0.29) is 42.4 Å². The molecule has 186 valence electrons. The van der Waals surface area contributed by atoms with Crippen molar-refractivity contribution in [2.75, 3.05) is 26.8 Å². The number of carbonyl (C=O) groups excluding carboxylic acids is 4. The molecule has 0 unspecified atom stereocenters. The van der Waals surface area contributed by atoms with Crippen molar-refractivity contribution in [2.24, 2.45) is 5.92 Å². The number of sulfonamides is 1. The maximum atomic E-state index is 13.1. The molecule has 3 amide bonds. The molecule has 0 atom stereocenters. The van der Waals surface area contributed by atoms with Crippen molar-refractivity contribution in [3.8, 4) is 0 Å². The second-order valence-electron chi connectivity index (χ2n) is 8.28. The molecule has 2 fully saturated rings. The Morgan fingerprint density at radius 3 is 2.32 bits per heavy atom. The summed E-state index contributed by atoms with van der Waals surface area (Å²) in [7, 11) is -2.80. The van der Waals surface area contributed by atoms with Gasteiger partial charge < -0.3 is 14.8 Å². The van der Waals surface area contributed by atoms with Crippen molar-refractivity contribution in [1.29, 1.82) is 0 Å². The highest BCUT2D eigenvalue weighted by molar-refractivity contribution is 7.89. The Hall–Kier alpha value is -2.99. The standard InChI is InChI=1S/C22H29N3O8S/c1-32-21(28)17-8-4-5-9-18(17)34(30,31)25-12-10-15(11-13-25)20(27)33-14-19(26)24-22(29)23-16-6-2-3-7-16/h4-5,8-9,15-16H,2-3,6-7,10-14H2,1H3,(H2,23,24,26,29). The predicted molar refractivity (Wildman–Crippen MR) is 119 cm³/mol. The molecule has 3 rings (SSSR count). The summed E-state index contributed by atoms with van der Waals surface area (Å²) in [6.45, 7) is -0.497. The highest BCUT2D eigenvalue weighted by Crippen LogP contribution is 2.27. The Kier molecular flexibility index (Phi) is 8.61. The number of rotatable bonds is 7. The molecule has 1 heterocycles. The van der Waals surface area contributed by atoms with E-state index in [1.54, 1.807) is 6.07 Å². The van der Waals surface area contributed by atoms with Gasteiger partial charge in [0.05, 0.1) is 23.5 Å². The topological polar surface area (TPSA) is 148 Å². The van der Waals surface area contributed by atoms with Crippen LogP contribution in [-0.4, -0.2) is 69.4 Å². The zero-order valence-electron chi connectivity index (χ0n) is 18.9. The number of urea groups is 1. The molecule has 1 aliphatic carbocycles. The van der Waals surface area contributed by atoms with Crippen molar-refractivity contribution in [3.63, 3.8) is 0 Å². The molecule has 0 radical (unpaired) electrons. The fraction of sp³-hybridized carbons (Fsp3) is 0.545. The number of esters is 2. The Bertz CT molecular complexity index is 1030. The van der Waals surface area contributed by atoms with Gasteiger partial charge in [0.1, 0.15) is 0 Å². The van der Waals surface area contributed by atoms with Crippen molar-refractivity contribution >= 4 is 33.9 Å². The molecule has 11 nitrogen and oxygen atoms in total. The van der Waals surface area contributed by atoms with E-state index in [0.29, 0.717) is 0 Å². The van der Waals surface area contributed by atoms with E-state index in [1.807, 2.05) is 0 Å². The predicted octanol–water partition coefficient (Wildman–Crippen LogP) is 1.19. The highest BCUT2D eigenvalue weighted by Gasteiger charge is 2.35. The van der Waals surface area contributed by atoms with Gasteiger partial charge in [-0.2, -0.15) is 4.31 Å². The molecule has 1 aliphatic heterocycles. The molecule has 0 spiro atoms. The highest BCUT2D eigenvalue weighted by atomic mass is 32.2. The van der Waals surface area contributed by atoms with E-state index in [2.05, 4.69) is 15.4 Å². The van der Waals surface area contributed by atoms with E-state index >= 15 is 0 Å². The Morgan fingerprint density at radius 1 is 1.03 bits per heavy atom. The Balaban J connectivity index is 1.48. The zero-order chi connectivity index (χ0) is 24.7. The number of benzene rings is 1. The minimum absolute atomic E-state index is 0.0492. The maximum Gasteiger partial charge on any atom is 0.339 e. The fourth-order valence-corrected chi connectivity index (χ4v) is 5.80. The van der Waals surface area contributed by atoms with Gasteiger partial charge in [-0.1, -0.05) is 25.0 Å². The van der Waals surface area contributed by atoms with Crippen LogP contribution in [0.3, 0.4) is 0 Å². The van der Waals surface area contributed by atoms with Crippen molar-refractivity contribution < 1.29 is 37.1 Å². The average Bonchev–Trinajstić information content (AvgIpc) is 3.34. The largest absolute Gasteiger partial charge is 0.465 e. The van der Waals surface area contributed by atoms with E-state index in [1.165, 1.54) is 29.6 Å². The van der Waals surface area contributed by atoms with E-state index in [4.69, 9.17) is 4.74 Å². The molecule has 12 heteroatoms. The number of methoxy groups -OCH3 is 1. The number of hydrogen-bond acceptors (Lipinski definition) is 8. The van der Waals surface area contributed by atoms with Crippen molar-refractivity contribution in [2.45, 2.75) is 49.5 Å².